The number of alkyl halides is 5. The van der Waals surface area contributed by atoms with E-state index < -0.39 is 39.1 Å². The second-order valence-electron chi connectivity index (χ2n) is 11.6. The third-order valence-corrected chi connectivity index (χ3v) is 12.3. The molecule has 0 radical (unpaired) electrons. The first-order valence-electron chi connectivity index (χ1n) is 14.4. The molecule has 1 saturated carbocycles. The number of aryl methyl sites for hydroxylation is 1. The van der Waals surface area contributed by atoms with Gasteiger partial charge in [0.25, 0.3) is 0 Å². The number of unbranched alkanes of at least 4 members (excludes halogenated alkanes) is 3. The van der Waals surface area contributed by atoms with Crippen molar-refractivity contribution in [2.45, 2.75) is 121 Å². The Morgan fingerprint density at radius 2 is 1.54 bits per heavy atom. The standard InChI is InChI=1S/C29H44F6OSi/c1-2-3-6-17-37-18-15-25(16-19-37)24-12-9-22(10-13-24)7-4-5-8-23-11-14-27(26(30)20-23)36-21-28(31,32)29(33,34)35/h11,14,20,22,24-25,37H,2-10,12-13,15-19,21H2,1H3/t22-,24-,25-,37-. The largest absolute Gasteiger partial charge is 0.484 e. The number of rotatable bonds is 13. The number of benzene rings is 1. The summed E-state index contributed by atoms with van der Waals surface area (Å²) in [7, 11) is -0.433. The minimum absolute atomic E-state index is 0.433. The van der Waals surface area contributed by atoms with Gasteiger partial charge in [-0.25, -0.2) is 4.39 Å². The highest BCUT2D eigenvalue weighted by Gasteiger charge is 2.58. The second-order valence-corrected chi connectivity index (χ2v) is 15.0. The average molecular weight is 551 g/mol. The maximum atomic E-state index is 14.2. The number of halogens is 6. The highest BCUT2D eigenvalue weighted by molar-refractivity contribution is 6.58. The molecule has 1 aromatic carbocycles. The molecule has 37 heavy (non-hydrogen) atoms. The molecular weight excluding hydrogens is 506 g/mol. The average Bonchev–Trinajstić information content (AvgIpc) is 2.86. The van der Waals surface area contributed by atoms with E-state index in [1.54, 1.807) is 18.1 Å². The highest BCUT2D eigenvalue weighted by Crippen LogP contribution is 2.42. The Balaban J connectivity index is 1.29. The minimum Gasteiger partial charge on any atom is -0.484 e. The number of ether oxygens (including phenoxy) is 1. The zero-order chi connectivity index (χ0) is 26.9. The van der Waals surface area contributed by atoms with E-state index in [1.807, 2.05) is 0 Å². The summed E-state index contributed by atoms with van der Waals surface area (Å²) in [5, 5.41) is 0. The molecule has 2 fully saturated rings. The Bertz CT molecular complexity index is 798. The molecule has 0 amide bonds. The highest BCUT2D eigenvalue weighted by atomic mass is 28.3. The summed E-state index contributed by atoms with van der Waals surface area (Å²) in [6, 6.07) is 8.56. The van der Waals surface area contributed by atoms with E-state index in [1.165, 1.54) is 76.3 Å². The van der Waals surface area contributed by atoms with E-state index >= 15 is 0 Å². The third kappa shape index (κ3) is 9.50. The van der Waals surface area contributed by atoms with E-state index in [0.717, 1.165) is 36.7 Å². The van der Waals surface area contributed by atoms with E-state index in [-0.39, 0.29) is 0 Å². The molecule has 2 aliphatic rings. The third-order valence-electron chi connectivity index (χ3n) is 8.81. The SMILES string of the molecule is CCCCC[Si@H]1CC[C@H]([C@H]2CC[C@H](CCCCc3ccc(OCC(F)(F)C(F)(F)F)c(F)c3)CC2)CC1. The molecule has 1 nitrogen and oxygen atoms in total. The summed E-state index contributed by atoms with van der Waals surface area (Å²) in [6.45, 7) is 0.354. The molecule has 0 atom stereocenters. The molecule has 0 aromatic heterocycles. The molecule has 0 bridgehead atoms. The Kier molecular flexibility index (Phi) is 11.7. The molecule has 0 unspecified atom stereocenters. The summed E-state index contributed by atoms with van der Waals surface area (Å²) in [5.74, 6) is -3.84. The van der Waals surface area contributed by atoms with Crippen molar-refractivity contribution in [1.29, 1.82) is 0 Å². The maximum Gasteiger partial charge on any atom is 0.456 e. The van der Waals surface area contributed by atoms with Gasteiger partial charge >= 0.3 is 12.1 Å². The van der Waals surface area contributed by atoms with Crippen LogP contribution in [0.5, 0.6) is 5.75 Å². The van der Waals surface area contributed by atoms with Crippen LogP contribution in [0.2, 0.25) is 18.1 Å². The second kappa shape index (κ2) is 14.3. The molecule has 0 N–H and O–H groups in total. The van der Waals surface area contributed by atoms with Gasteiger partial charge in [-0.1, -0.05) is 88.9 Å². The molecule has 0 spiro atoms. The van der Waals surface area contributed by atoms with Crippen LogP contribution in [0.25, 0.3) is 0 Å². The van der Waals surface area contributed by atoms with Gasteiger partial charge in [0.15, 0.2) is 18.2 Å². The molecular formula is C29H44F6OSi. The van der Waals surface area contributed by atoms with Gasteiger partial charge in [-0.2, -0.15) is 22.0 Å². The summed E-state index contributed by atoms with van der Waals surface area (Å²) in [4.78, 5) is 0. The molecule has 1 saturated heterocycles. The monoisotopic (exact) mass is 550 g/mol. The van der Waals surface area contributed by atoms with Gasteiger partial charge in [0.1, 0.15) is 0 Å². The summed E-state index contributed by atoms with van der Waals surface area (Å²) < 4.78 is 81.3. The summed E-state index contributed by atoms with van der Waals surface area (Å²) in [5.41, 5.74) is 0.699. The van der Waals surface area contributed by atoms with Gasteiger partial charge < -0.3 is 4.74 Å². The predicted octanol–water partition coefficient (Wildman–Crippen LogP) is 9.75. The van der Waals surface area contributed by atoms with Crippen molar-refractivity contribution in [3.8, 4) is 5.75 Å². The van der Waals surface area contributed by atoms with Crippen LogP contribution in [0.3, 0.4) is 0 Å². The van der Waals surface area contributed by atoms with Crippen LogP contribution in [0, 0.1) is 23.6 Å². The molecule has 1 aromatic rings. The molecule has 1 aliphatic heterocycles. The van der Waals surface area contributed by atoms with Crippen molar-refractivity contribution in [3.05, 3.63) is 29.6 Å². The Morgan fingerprint density at radius 3 is 2.16 bits per heavy atom. The zero-order valence-corrected chi connectivity index (χ0v) is 23.4. The van der Waals surface area contributed by atoms with Crippen LogP contribution in [0.15, 0.2) is 18.2 Å². The van der Waals surface area contributed by atoms with E-state index in [0.29, 0.717) is 12.0 Å². The smallest absolute Gasteiger partial charge is 0.456 e. The lowest BCUT2D eigenvalue weighted by Gasteiger charge is -2.37. The van der Waals surface area contributed by atoms with Crippen molar-refractivity contribution >= 4 is 8.80 Å². The van der Waals surface area contributed by atoms with Gasteiger partial charge in [0.2, 0.25) is 0 Å². The first kappa shape index (κ1) is 30.4. The Labute approximate surface area is 220 Å². The topological polar surface area (TPSA) is 9.23 Å². The fraction of sp³-hybridized carbons (Fsp3) is 0.793. The van der Waals surface area contributed by atoms with Crippen LogP contribution in [-0.4, -0.2) is 27.5 Å². The Hall–Kier alpha value is -1.18. The summed E-state index contributed by atoms with van der Waals surface area (Å²) >= 11 is 0. The van der Waals surface area contributed by atoms with Crippen LogP contribution in [-0.2, 0) is 6.42 Å². The van der Waals surface area contributed by atoms with E-state index in [2.05, 4.69) is 11.7 Å². The van der Waals surface area contributed by atoms with Crippen molar-refractivity contribution in [2.24, 2.45) is 17.8 Å². The van der Waals surface area contributed by atoms with Gasteiger partial charge in [0, 0.05) is 8.80 Å². The van der Waals surface area contributed by atoms with Gasteiger partial charge in [-0.05, 0) is 61.1 Å². The fourth-order valence-electron chi connectivity index (χ4n) is 6.41. The number of hydrogen-bond donors (Lipinski definition) is 0. The fourth-order valence-corrected chi connectivity index (χ4v) is 9.94. The quantitative estimate of drug-likeness (QED) is 0.135. The van der Waals surface area contributed by atoms with Gasteiger partial charge in [-0.3, -0.25) is 0 Å². The van der Waals surface area contributed by atoms with Gasteiger partial charge in [0.05, 0.1) is 0 Å². The molecule has 1 heterocycles. The van der Waals surface area contributed by atoms with Crippen LogP contribution >= 0.6 is 0 Å². The minimum atomic E-state index is -5.73. The first-order chi connectivity index (χ1) is 17.6. The van der Waals surface area contributed by atoms with Crippen LogP contribution in [0.4, 0.5) is 26.3 Å². The van der Waals surface area contributed by atoms with E-state index in [4.69, 9.17) is 0 Å². The lowest BCUT2D eigenvalue weighted by Crippen LogP contribution is -2.41. The zero-order valence-electron chi connectivity index (χ0n) is 22.2. The molecule has 3 rings (SSSR count). The summed E-state index contributed by atoms with van der Waals surface area (Å²) in [6.07, 6.45) is 10.6. The van der Waals surface area contributed by atoms with Crippen LogP contribution in [0.1, 0.15) is 89.5 Å². The van der Waals surface area contributed by atoms with Crippen molar-refractivity contribution in [2.75, 3.05) is 6.61 Å². The Morgan fingerprint density at radius 1 is 0.865 bits per heavy atom. The lowest BCUT2D eigenvalue weighted by molar-refractivity contribution is -0.290. The molecule has 212 valence electrons. The molecule has 8 heteroatoms. The predicted molar refractivity (Wildman–Crippen MR) is 140 cm³/mol. The normalized spacial score (nSPS) is 25.3. The van der Waals surface area contributed by atoms with E-state index in [9.17, 15) is 26.3 Å². The van der Waals surface area contributed by atoms with Crippen molar-refractivity contribution in [3.63, 3.8) is 0 Å². The number of hydrogen-bond acceptors (Lipinski definition) is 1. The van der Waals surface area contributed by atoms with Gasteiger partial charge in [-0.15, -0.1) is 0 Å². The van der Waals surface area contributed by atoms with Crippen LogP contribution < -0.4 is 4.74 Å². The van der Waals surface area contributed by atoms with Crippen molar-refractivity contribution in [1.82, 2.24) is 0 Å². The maximum absolute atomic E-state index is 14.2. The van der Waals surface area contributed by atoms with Crippen molar-refractivity contribution < 1.29 is 31.1 Å². The molecule has 1 aliphatic carbocycles. The first-order valence-corrected chi connectivity index (χ1v) is 16.9. The lowest BCUT2D eigenvalue weighted by atomic mass is 9.73.